The zero-order valence-electron chi connectivity index (χ0n) is 27.9. The van der Waals surface area contributed by atoms with Crippen molar-refractivity contribution >= 4 is 53.7 Å². The molecule has 0 aromatic carbocycles. The van der Waals surface area contributed by atoms with Crippen LogP contribution < -0.4 is 0 Å². The van der Waals surface area contributed by atoms with Crippen LogP contribution in [0.5, 0.6) is 0 Å². The Morgan fingerprint density at radius 2 is 1.12 bits per heavy atom. The van der Waals surface area contributed by atoms with Gasteiger partial charge in [0, 0.05) is 55.4 Å². The molecule has 1 aliphatic carbocycles. The number of carbonyl (C=O) groups is 8. The highest BCUT2D eigenvalue weighted by Crippen LogP contribution is 2.47. The molecule has 1 saturated carbocycles. The summed E-state index contributed by atoms with van der Waals surface area (Å²) in [5.74, 6) is -7.08. The van der Waals surface area contributed by atoms with E-state index in [1.807, 2.05) is 0 Å². The number of aliphatic hydroxyl groups is 1. The zero-order valence-corrected chi connectivity index (χ0v) is 27.9. The predicted molar refractivity (Wildman–Crippen MR) is 153 cm³/mol. The van der Waals surface area contributed by atoms with Crippen molar-refractivity contribution in [1.29, 1.82) is 0 Å². The maximum absolute atomic E-state index is 13.3. The van der Waals surface area contributed by atoms with Gasteiger partial charge in [0.2, 0.25) is 5.91 Å². The van der Waals surface area contributed by atoms with Crippen molar-refractivity contribution in [2.24, 2.45) is 4.99 Å². The molecule has 0 unspecified atom stereocenters. The van der Waals surface area contributed by atoms with Crippen LogP contribution in [0, 0.1) is 0 Å². The van der Waals surface area contributed by atoms with Gasteiger partial charge in [0.05, 0.1) is 6.61 Å². The molecule has 0 bridgehead atoms. The third-order valence-corrected chi connectivity index (χ3v) is 7.37. The molecular weight excluding hydrogens is 664 g/mol. The standard InChI is InChI=1S/C29H38N2O18/c1-11(33)31-25-22(44-15(5)37)23(45-16(6)38)26(47-18(8)40)29(25,10-32)49-28(31)30-27-24(46-17(7)39)21(43-14(4)36)20(42-13(3)35)19(48-27)9-41-12(2)34/h19-27,32H,9-10H2,1-8H3/b30-28-/t19-,20-,21+,22+,23+,24-,25+,26+,27+,29+/m1/s1. The van der Waals surface area contributed by atoms with E-state index in [4.69, 9.17) is 42.6 Å². The Bertz CT molecular complexity index is 1400. The van der Waals surface area contributed by atoms with E-state index < -0.39 is 128 Å². The number of fused-ring (bicyclic) bond motifs is 1. The summed E-state index contributed by atoms with van der Waals surface area (Å²) in [6.07, 6.45) is -13.0. The first-order chi connectivity index (χ1) is 22.8. The summed E-state index contributed by atoms with van der Waals surface area (Å²) >= 11 is 0. The van der Waals surface area contributed by atoms with E-state index in [-0.39, 0.29) is 0 Å². The Morgan fingerprint density at radius 1 is 0.653 bits per heavy atom. The van der Waals surface area contributed by atoms with Gasteiger partial charge in [-0.05, 0) is 0 Å². The Balaban J connectivity index is 2.26. The summed E-state index contributed by atoms with van der Waals surface area (Å²) in [5, 5.41) is 10.8. The largest absolute Gasteiger partial charge is 0.463 e. The van der Waals surface area contributed by atoms with Crippen molar-refractivity contribution in [2.75, 3.05) is 13.2 Å². The number of aliphatic hydroxyl groups excluding tert-OH is 1. The lowest BCUT2D eigenvalue weighted by Crippen LogP contribution is -2.62. The van der Waals surface area contributed by atoms with Crippen molar-refractivity contribution in [3.05, 3.63) is 0 Å². The van der Waals surface area contributed by atoms with Crippen molar-refractivity contribution in [3.8, 4) is 0 Å². The van der Waals surface area contributed by atoms with Crippen LogP contribution in [0.1, 0.15) is 55.4 Å². The van der Waals surface area contributed by atoms with Crippen LogP contribution in [-0.4, -0.2) is 138 Å². The average molecular weight is 703 g/mol. The molecule has 1 N–H and O–H groups in total. The SMILES string of the molecule is CC(=O)OC[C@H]1O[C@H](/N=C2\O[C@@]3(CO)[C@H]([C@@H](OC(C)=O)[C@H](OC(C)=O)[C@@H]3OC(C)=O)N2C(C)=O)[C@H](OC(C)=O)[C@@H](OC(C)=O)[C@@H]1OC(C)=O. The molecule has 0 radical (unpaired) electrons. The maximum Gasteiger partial charge on any atom is 0.303 e. The van der Waals surface area contributed by atoms with Crippen molar-refractivity contribution in [2.45, 2.75) is 116 Å². The van der Waals surface area contributed by atoms with Crippen LogP contribution in [0.3, 0.4) is 0 Å². The fourth-order valence-corrected chi connectivity index (χ4v) is 5.94. The number of rotatable bonds is 10. The second kappa shape index (κ2) is 15.6. The second-order valence-electron chi connectivity index (χ2n) is 11.2. The van der Waals surface area contributed by atoms with E-state index in [9.17, 15) is 43.5 Å². The van der Waals surface area contributed by atoms with Gasteiger partial charge in [-0.2, -0.15) is 4.99 Å². The lowest BCUT2D eigenvalue weighted by Gasteiger charge is -2.43. The number of carbonyl (C=O) groups excluding carboxylic acids is 8. The van der Waals surface area contributed by atoms with Gasteiger partial charge >= 0.3 is 41.8 Å². The van der Waals surface area contributed by atoms with E-state index in [0.29, 0.717) is 0 Å². The van der Waals surface area contributed by atoms with Gasteiger partial charge in [0.15, 0.2) is 48.5 Å². The quantitative estimate of drug-likeness (QED) is 0.195. The molecule has 10 atom stereocenters. The Morgan fingerprint density at radius 3 is 1.59 bits per heavy atom. The molecule has 3 fully saturated rings. The number of amides is 1. The normalized spacial score (nSPS) is 32.6. The van der Waals surface area contributed by atoms with Crippen molar-refractivity contribution < 1.29 is 86.1 Å². The van der Waals surface area contributed by atoms with Crippen molar-refractivity contribution in [3.63, 3.8) is 0 Å². The number of esters is 7. The van der Waals surface area contributed by atoms with E-state index >= 15 is 0 Å². The molecule has 3 rings (SSSR count). The number of aliphatic imine (C=N–C) groups is 1. The van der Waals surface area contributed by atoms with Gasteiger partial charge in [-0.15, -0.1) is 0 Å². The van der Waals surface area contributed by atoms with Gasteiger partial charge in [-0.25, -0.2) is 0 Å². The summed E-state index contributed by atoms with van der Waals surface area (Å²) in [6.45, 7) is 6.61. The lowest BCUT2D eigenvalue weighted by molar-refractivity contribution is -0.251. The fourth-order valence-electron chi connectivity index (χ4n) is 5.94. The lowest BCUT2D eigenvalue weighted by atomic mass is 9.95. The summed E-state index contributed by atoms with van der Waals surface area (Å²) in [6, 6.07) is -2.22. The van der Waals surface area contributed by atoms with Crippen LogP contribution in [-0.2, 0) is 81.0 Å². The molecule has 2 saturated heterocycles. The summed E-state index contributed by atoms with van der Waals surface area (Å²) in [4.78, 5) is 103. The smallest absolute Gasteiger partial charge is 0.303 e. The third-order valence-electron chi connectivity index (χ3n) is 7.37. The summed E-state index contributed by atoms with van der Waals surface area (Å²) in [7, 11) is 0. The fraction of sp³-hybridized carbons (Fsp3) is 0.690. The minimum Gasteiger partial charge on any atom is -0.463 e. The van der Waals surface area contributed by atoms with Crippen LogP contribution in [0.15, 0.2) is 4.99 Å². The monoisotopic (exact) mass is 702 g/mol. The van der Waals surface area contributed by atoms with E-state index in [2.05, 4.69) is 4.99 Å². The maximum atomic E-state index is 13.3. The van der Waals surface area contributed by atoms with Crippen LogP contribution in [0.2, 0.25) is 0 Å². The molecule has 0 aromatic heterocycles. The molecular formula is C29H38N2O18. The van der Waals surface area contributed by atoms with Gasteiger partial charge in [-0.1, -0.05) is 0 Å². The summed E-state index contributed by atoms with van der Waals surface area (Å²) in [5.41, 5.74) is -2.19. The topological polar surface area (TPSA) is 255 Å². The molecule has 20 heteroatoms. The van der Waals surface area contributed by atoms with Crippen LogP contribution in [0.25, 0.3) is 0 Å². The Hall–Kier alpha value is -4.85. The number of ether oxygens (including phenoxy) is 9. The number of hydrogen-bond acceptors (Lipinski definition) is 19. The molecule has 20 nitrogen and oxygen atoms in total. The second-order valence-corrected chi connectivity index (χ2v) is 11.2. The van der Waals surface area contributed by atoms with Gasteiger partial charge in [0.1, 0.15) is 18.8 Å². The zero-order chi connectivity index (χ0) is 37.0. The van der Waals surface area contributed by atoms with E-state index in [1.54, 1.807) is 0 Å². The van der Waals surface area contributed by atoms with Crippen LogP contribution >= 0.6 is 0 Å². The average Bonchev–Trinajstić information content (AvgIpc) is 3.39. The van der Waals surface area contributed by atoms with E-state index in [1.165, 1.54) is 0 Å². The number of nitrogens with zero attached hydrogens (tertiary/aromatic N) is 2. The third kappa shape index (κ3) is 8.60. The first-order valence-corrected chi connectivity index (χ1v) is 14.8. The van der Waals surface area contributed by atoms with Gasteiger partial charge in [0.25, 0.3) is 6.02 Å². The minimum absolute atomic E-state index is 0.590. The van der Waals surface area contributed by atoms with E-state index in [0.717, 1.165) is 60.3 Å². The Labute approximate surface area is 279 Å². The van der Waals surface area contributed by atoms with Crippen LogP contribution in [0.4, 0.5) is 0 Å². The first kappa shape index (κ1) is 38.6. The molecule has 3 aliphatic rings. The molecule has 0 aromatic rings. The number of amidine groups is 1. The molecule has 49 heavy (non-hydrogen) atoms. The van der Waals surface area contributed by atoms with Gasteiger partial charge < -0.3 is 47.7 Å². The molecule has 0 spiro atoms. The summed E-state index contributed by atoms with van der Waals surface area (Å²) < 4.78 is 49.5. The highest BCUT2D eigenvalue weighted by molar-refractivity contribution is 5.96. The van der Waals surface area contributed by atoms with Crippen molar-refractivity contribution in [1.82, 2.24) is 4.90 Å². The highest BCUT2D eigenvalue weighted by atomic mass is 16.7. The molecule has 272 valence electrons. The predicted octanol–water partition coefficient (Wildman–Crippen LogP) is -1.79. The number of hydrogen-bond donors (Lipinski definition) is 1. The minimum atomic E-state index is -2.19. The highest BCUT2D eigenvalue weighted by Gasteiger charge is 2.74. The Kier molecular flexibility index (Phi) is 12.3. The molecule has 1 amide bonds. The first-order valence-electron chi connectivity index (χ1n) is 14.8. The molecule has 2 heterocycles. The molecule has 2 aliphatic heterocycles. The van der Waals surface area contributed by atoms with Gasteiger partial charge in [-0.3, -0.25) is 43.3 Å².